The zero-order chi connectivity index (χ0) is 28.0. The monoisotopic (exact) mass is 563 g/mol. The lowest BCUT2D eigenvalue weighted by Gasteiger charge is -2.36. The molecule has 0 radical (unpaired) electrons. The summed E-state index contributed by atoms with van der Waals surface area (Å²) in [5, 5.41) is 5.23. The number of benzene rings is 2. The molecule has 2 aromatic carbocycles. The standard InChI is InChI=1S/C29H30FN5O4S/c1-19-27-22(29(36)34-14-12-33(13-15-34)25-9-5-6-10-26(25)39-2)17-24(21-7-3-4-8-23(21)30)31-28(27)35(32-19)20-11-16-40(37,38)18-20/h3-10,17,20H,11-16,18H2,1-2H3. The van der Waals surface area contributed by atoms with E-state index in [0.717, 1.165) is 11.4 Å². The number of amides is 1. The van der Waals surface area contributed by atoms with Gasteiger partial charge in [0.05, 0.1) is 52.7 Å². The topological polar surface area (TPSA) is 97.6 Å². The van der Waals surface area contributed by atoms with Crippen molar-refractivity contribution in [2.75, 3.05) is 49.7 Å². The maximum absolute atomic E-state index is 14.9. The first-order valence-electron chi connectivity index (χ1n) is 13.3. The predicted molar refractivity (Wildman–Crippen MR) is 151 cm³/mol. The number of sulfone groups is 1. The molecule has 1 unspecified atom stereocenters. The predicted octanol–water partition coefficient (Wildman–Crippen LogP) is 3.88. The fourth-order valence-corrected chi connectivity index (χ4v) is 7.42. The second-order valence-electron chi connectivity index (χ2n) is 10.3. The first kappa shape index (κ1) is 26.2. The largest absolute Gasteiger partial charge is 0.495 e. The third kappa shape index (κ3) is 4.68. The minimum Gasteiger partial charge on any atom is -0.495 e. The average Bonchev–Trinajstić information content (AvgIpc) is 3.50. The van der Waals surface area contributed by atoms with Crippen LogP contribution in [0.25, 0.3) is 22.3 Å². The van der Waals surface area contributed by atoms with E-state index < -0.39 is 21.7 Å². The summed E-state index contributed by atoms with van der Waals surface area (Å²) >= 11 is 0. The summed E-state index contributed by atoms with van der Waals surface area (Å²) in [6, 6.07) is 15.3. The fourth-order valence-electron chi connectivity index (χ4n) is 5.72. The third-order valence-electron chi connectivity index (χ3n) is 7.76. The van der Waals surface area contributed by atoms with Gasteiger partial charge in [-0.3, -0.25) is 4.79 Å². The summed E-state index contributed by atoms with van der Waals surface area (Å²) in [5.74, 6) is 0.177. The van der Waals surface area contributed by atoms with Gasteiger partial charge >= 0.3 is 0 Å². The van der Waals surface area contributed by atoms with Gasteiger partial charge in [0.15, 0.2) is 15.5 Å². The SMILES string of the molecule is COc1ccccc1N1CCN(C(=O)c2cc(-c3ccccc3F)nc3c2c(C)nn3C2CCS(=O)(=O)C2)CC1. The van der Waals surface area contributed by atoms with Crippen molar-refractivity contribution in [3.8, 4) is 17.0 Å². The molecule has 11 heteroatoms. The van der Waals surface area contributed by atoms with Crippen LogP contribution < -0.4 is 9.64 Å². The van der Waals surface area contributed by atoms with Crippen LogP contribution in [0, 0.1) is 12.7 Å². The maximum Gasteiger partial charge on any atom is 0.254 e. The van der Waals surface area contributed by atoms with Crippen LogP contribution in [0.2, 0.25) is 0 Å². The Labute approximate surface area is 232 Å². The lowest BCUT2D eigenvalue weighted by molar-refractivity contribution is 0.0748. The van der Waals surface area contributed by atoms with Crippen molar-refractivity contribution in [2.45, 2.75) is 19.4 Å². The van der Waals surface area contributed by atoms with E-state index in [1.165, 1.54) is 6.07 Å². The van der Waals surface area contributed by atoms with Gasteiger partial charge in [-0.15, -0.1) is 0 Å². The van der Waals surface area contributed by atoms with E-state index >= 15 is 0 Å². The molecular weight excluding hydrogens is 533 g/mol. The number of rotatable bonds is 5. The summed E-state index contributed by atoms with van der Waals surface area (Å²) < 4.78 is 46.5. The van der Waals surface area contributed by atoms with Gasteiger partial charge < -0.3 is 14.5 Å². The van der Waals surface area contributed by atoms with Crippen LogP contribution in [0.5, 0.6) is 5.75 Å². The molecular formula is C29H30FN5O4S. The molecule has 0 bridgehead atoms. The van der Waals surface area contributed by atoms with Gasteiger partial charge in [0.2, 0.25) is 0 Å². The van der Waals surface area contributed by atoms with Gasteiger partial charge in [-0.2, -0.15) is 5.10 Å². The smallest absolute Gasteiger partial charge is 0.254 e. The van der Waals surface area contributed by atoms with E-state index in [9.17, 15) is 17.6 Å². The van der Waals surface area contributed by atoms with Crippen LogP contribution in [-0.4, -0.2) is 78.8 Å². The molecule has 2 aliphatic rings. The van der Waals surface area contributed by atoms with Crippen molar-refractivity contribution in [2.24, 2.45) is 0 Å². The summed E-state index contributed by atoms with van der Waals surface area (Å²) in [6.45, 7) is 4.02. The number of carbonyl (C=O) groups is 1. The Hall–Kier alpha value is -3.99. The number of ether oxygens (including phenoxy) is 1. The van der Waals surface area contributed by atoms with E-state index in [1.54, 1.807) is 47.9 Å². The van der Waals surface area contributed by atoms with Crippen molar-refractivity contribution >= 4 is 32.5 Å². The number of hydrogen-bond acceptors (Lipinski definition) is 7. The first-order valence-corrected chi connectivity index (χ1v) is 15.1. The molecule has 2 aliphatic heterocycles. The van der Waals surface area contributed by atoms with E-state index in [0.29, 0.717) is 60.6 Å². The number of para-hydroxylation sites is 2. The number of halogens is 1. The Morgan fingerprint density at radius 3 is 2.48 bits per heavy atom. The van der Waals surface area contributed by atoms with Crippen molar-refractivity contribution < 1.29 is 22.3 Å². The number of anilines is 1. The highest BCUT2D eigenvalue weighted by Crippen LogP contribution is 2.34. The van der Waals surface area contributed by atoms with Gasteiger partial charge in [-0.05, 0) is 43.7 Å². The molecule has 9 nitrogen and oxygen atoms in total. The molecule has 4 heterocycles. The Morgan fingerprint density at radius 2 is 1.77 bits per heavy atom. The summed E-state index contributed by atoms with van der Waals surface area (Å²) in [7, 11) is -1.54. The van der Waals surface area contributed by atoms with Gasteiger partial charge in [-0.1, -0.05) is 24.3 Å². The maximum atomic E-state index is 14.9. The van der Waals surface area contributed by atoms with Crippen molar-refractivity contribution in [1.29, 1.82) is 0 Å². The molecule has 6 rings (SSSR count). The second-order valence-corrected chi connectivity index (χ2v) is 12.5. The zero-order valence-electron chi connectivity index (χ0n) is 22.4. The molecule has 0 saturated carbocycles. The Bertz CT molecular complexity index is 1710. The molecule has 0 spiro atoms. The number of nitrogens with zero attached hydrogens (tertiary/aromatic N) is 5. The van der Waals surface area contributed by atoms with Crippen molar-refractivity contribution in [1.82, 2.24) is 19.7 Å². The number of pyridine rings is 1. The molecule has 4 aromatic rings. The Balaban J connectivity index is 1.39. The van der Waals surface area contributed by atoms with Crippen LogP contribution in [-0.2, 0) is 9.84 Å². The number of methoxy groups -OCH3 is 1. The highest BCUT2D eigenvalue weighted by atomic mass is 32.2. The van der Waals surface area contributed by atoms with Crippen LogP contribution >= 0.6 is 0 Å². The Kier molecular flexibility index (Phi) is 6.69. The van der Waals surface area contributed by atoms with Crippen molar-refractivity contribution in [3.05, 3.63) is 71.7 Å². The number of aryl methyl sites for hydroxylation is 1. The van der Waals surface area contributed by atoms with Gasteiger partial charge in [0, 0.05) is 31.7 Å². The number of fused-ring (bicyclic) bond motifs is 1. The first-order chi connectivity index (χ1) is 19.3. The quantitative estimate of drug-likeness (QED) is 0.364. The summed E-state index contributed by atoms with van der Waals surface area (Å²) in [5.41, 5.74) is 2.93. The van der Waals surface area contributed by atoms with E-state index in [-0.39, 0.29) is 23.0 Å². The van der Waals surface area contributed by atoms with Crippen LogP contribution in [0.15, 0.2) is 54.6 Å². The number of piperazine rings is 1. The highest BCUT2D eigenvalue weighted by Gasteiger charge is 2.33. The Morgan fingerprint density at radius 1 is 1.05 bits per heavy atom. The van der Waals surface area contributed by atoms with Crippen LogP contribution in [0.3, 0.4) is 0 Å². The lowest BCUT2D eigenvalue weighted by atomic mass is 10.0. The molecule has 2 fully saturated rings. The van der Waals surface area contributed by atoms with Gasteiger partial charge in [0.25, 0.3) is 5.91 Å². The summed E-state index contributed by atoms with van der Waals surface area (Å²) in [6.07, 6.45) is 0.415. The average molecular weight is 564 g/mol. The second kappa shape index (κ2) is 10.2. The molecule has 2 aromatic heterocycles. The van der Waals surface area contributed by atoms with E-state index in [1.807, 2.05) is 24.3 Å². The lowest BCUT2D eigenvalue weighted by Crippen LogP contribution is -2.49. The third-order valence-corrected chi connectivity index (χ3v) is 9.51. The van der Waals surface area contributed by atoms with Gasteiger partial charge in [0.1, 0.15) is 11.6 Å². The number of carbonyl (C=O) groups excluding carboxylic acids is 1. The summed E-state index contributed by atoms with van der Waals surface area (Å²) in [4.78, 5) is 22.8. The molecule has 1 atom stereocenters. The van der Waals surface area contributed by atoms with Crippen LogP contribution in [0.1, 0.15) is 28.5 Å². The molecule has 0 N–H and O–H groups in total. The number of hydrogen-bond donors (Lipinski definition) is 0. The highest BCUT2D eigenvalue weighted by molar-refractivity contribution is 7.91. The molecule has 40 heavy (non-hydrogen) atoms. The minimum atomic E-state index is -3.19. The normalized spacial score (nSPS) is 18.8. The zero-order valence-corrected chi connectivity index (χ0v) is 23.2. The fraction of sp³-hybridized carbons (Fsp3) is 0.345. The minimum absolute atomic E-state index is 0.0387. The number of aromatic nitrogens is 3. The molecule has 0 aliphatic carbocycles. The van der Waals surface area contributed by atoms with Crippen LogP contribution in [0.4, 0.5) is 10.1 Å². The molecule has 2 saturated heterocycles. The van der Waals surface area contributed by atoms with Gasteiger partial charge in [-0.25, -0.2) is 22.5 Å². The van der Waals surface area contributed by atoms with Crippen molar-refractivity contribution in [3.63, 3.8) is 0 Å². The van der Waals surface area contributed by atoms with E-state index in [4.69, 9.17) is 9.72 Å². The molecule has 1 amide bonds. The molecule has 208 valence electrons. The van der Waals surface area contributed by atoms with E-state index in [2.05, 4.69) is 10.00 Å².